The molecule has 8 nitrogen and oxygen atoms in total. The number of imidazole rings is 1. The van der Waals surface area contributed by atoms with Gasteiger partial charge in [0.1, 0.15) is 11.9 Å². The Morgan fingerprint density at radius 2 is 1.86 bits per heavy atom. The number of hydrogen-bond acceptors (Lipinski definition) is 4. The number of rotatable bonds is 5. The van der Waals surface area contributed by atoms with E-state index in [0.29, 0.717) is 26.1 Å². The first-order valence-electron chi connectivity index (χ1n) is 9.71. The lowest BCUT2D eigenvalue weighted by Crippen LogP contribution is -2.61. The second kappa shape index (κ2) is 8.89. The number of hydrogen-bond donors (Lipinski definition) is 0. The van der Waals surface area contributed by atoms with E-state index in [4.69, 9.17) is 0 Å². The number of carbonyl (C=O) groups is 3. The fourth-order valence-electron chi connectivity index (χ4n) is 3.61. The number of nitrogens with zero attached hydrogens (tertiary/aromatic N) is 5. The molecule has 2 aromatic rings. The SMILES string of the molecule is CC(=O)N1CCN(C(=O)CCn2ccnc2-c2ccccc2)CC1C(=O)N(C)C. The van der Waals surface area contributed by atoms with E-state index in [1.807, 2.05) is 41.1 Å². The topological polar surface area (TPSA) is 78.8 Å². The fourth-order valence-corrected chi connectivity index (χ4v) is 3.61. The highest BCUT2D eigenvalue weighted by Crippen LogP contribution is 2.18. The van der Waals surface area contributed by atoms with Crippen molar-refractivity contribution in [2.75, 3.05) is 33.7 Å². The normalized spacial score (nSPS) is 16.6. The van der Waals surface area contributed by atoms with E-state index in [1.165, 1.54) is 11.8 Å². The highest BCUT2D eigenvalue weighted by molar-refractivity contribution is 5.88. The molecule has 1 aromatic heterocycles. The van der Waals surface area contributed by atoms with Crippen LogP contribution in [-0.2, 0) is 20.9 Å². The molecule has 1 aromatic carbocycles. The van der Waals surface area contributed by atoms with E-state index in [-0.39, 0.29) is 24.3 Å². The van der Waals surface area contributed by atoms with Crippen LogP contribution in [0, 0.1) is 0 Å². The Morgan fingerprint density at radius 1 is 1.14 bits per heavy atom. The van der Waals surface area contributed by atoms with Gasteiger partial charge in [0.05, 0.1) is 6.54 Å². The molecule has 1 unspecified atom stereocenters. The van der Waals surface area contributed by atoms with Crippen LogP contribution in [0.5, 0.6) is 0 Å². The van der Waals surface area contributed by atoms with Crippen LogP contribution in [0.25, 0.3) is 11.4 Å². The number of aryl methyl sites for hydroxylation is 1. The number of benzene rings is 1. The lowest BCUT2D eigenvalue weighted by atomic mass is 10.1. The van der Waals surface area contributed by atoms with Crippen LogP contribution >= 0.6 is 0 Å². The summed E-state index contributed by atoms with van der Waals surface area (Å²) in [5.74, 6) is 0.472. The molecular formula is C21H27N5O3. The lowest BCUT2D eigenvalue weighted by molar-refractivity contribution is -0.150. The number of aromatic nitrogens is 2. The Morgan fingerprint density at radius 3 is 2.52 bits per heavy atom. The van der Waals surface area contributed by atoms with Gasteiger partial charge in [-0.05, 0) is 0 Å². The van der Waals surface area contributed by atoms with E-state index in [1.54, 1.807) is 30.1 Å². The average Bonchev–Trinajstić information content (AvgIpc) is 3.20. The highest BCUT2D eigenvalue weighted by Gasteiger charge is 2.36. The molecule has 29 heavy (non-hydrogen) atoms. The minimum atomic E-state index is -0.631. The van der Waals surface area contributed by atoms with Crippen molar-refractivity contribution < 1.29 is 14.4 Å². The average molecular weight is 397 g/mol. The van der Waals surface area contributed by atoms with Gasteiger partial charge in [0.25, 0.3) is 0 Å². The van der Waals surface area contributed by atoms with Gasteiger partial charge in [0.15, 0.2) is 0 Å². The Labute approximate surface area is 170 Å². The Balaban J connectivity index is 1.65. The smallest absolute Gasteiger partial charge is 0.246 e. The molecule has 0 aliphatic carbocycles. The number of likely N-dealkylation sites (N-methyl/N-ethyl adjacent to an activating group) is 1. The van der Waals surface area contributed by atoms with Crippen LogP contribution in [-0.4, -0.2) is 81.7 Å². The zero-order chi connectivity index (χ0) is 21.0. The molecule has 8 heteroatoms. The second-order valence-electron chi connectivity index (χ2n) is 7.36. The third-order valence-corrected chi connectivity index (χ3v) is 5.18. The van der Waals surface area contributed by atoms with Gasteiger partial charge in [-0.3, -0.25) is 14.4 Å². The van der Waals surface area contributed by atoms with Gasteiger partial charge in [0.2, 0.25) is 17.7 Å². The van der Waals surface area contributed by atoms with Gasteiger partial charge in [-0.1, -0.05) is 30.3 Å². The summed E-state index contributed by atoms with van der Waals surface area (Å²) in [7, 11) is 3.32. The third-order valence-electron chi connectivity index (χ3n) is 5.18. The van der Waals surface area contributed by atoms with Crippen LogP contribution in [0.3, 0.4) is 0 Å². The van der Waals surface area contributed by atoms with E-state index >= 15 is 0 Å². The molecule has 3 rings (SSSR count). The molecular weight excluding hydrogens is 370 g/mol. The summed E-state index contributed by atoms with van der Waals surface area (Å²) >= 11 is 0. The molecule has 1 fully saturated rings. The zero-order valence-corrected chi connectivity index (χ0v) is 17.1. The first-order valence-corrected chi connectivity index (χ1v) is 9.71. The van der Waals surface area contributed by atoms with Crippen molar-refractivity contribution >= 4 is 17.7 Å². The van der Waals surface area contributed by atoms with E-state index in [2.05, 4.69) is 4.98 Å². The van der Waals surface area contributed by atoms with Crippen molar-refractivity contribution in [1.82, 2.24) is 24.3 Å². The molecule has 0 bridgehead atoms. The van der Waals surface area contributed by atoms with Crippen LogP contribution in [0.1, 0.15) is 13.3 Å². The van der Waals surface area contributed by atoms with Crippen LogP contribution < -0.4 is 0 Å². The second-order valence-corrected chi connectivity index (χ2v) is 7.36. The quantitative estimate of drug-likeness (QED) is 0.757. The Hall–Kier alpha value is -3.16. The van der Waals surface area contributed by atoms with Gasteiger partial charge in [0, 0.05) is 65.0 Å². The summed E-state index contributed by atoms with van der Waals surface area (Å²) in [6, 6.07) is 9.20. The van der Waals surface area contributed by atoms with Crippen molar-refractivity contribution in [3.8, 4) is 11.4 Å². The van der Waals surface area contributed by atoms with Gasteiger partial charge < -0.3 is 19.3 Å². The van der Waals surface area contributed by atoms with Crippen molar-refractivity contribution in [2.24, 2.45) is 0 Å². The summed E-state index contributed by atoms with van der Waals surface area (Å²) in [5.41, 5.74) is 0.997. The Bertz CT molecular complexity index is 877. The standard InChI is InChI=1S/C21H27N5O3/c1-16(27)26-14-13-25(15-18(26)21(29)23(2)3)19(28)9-11-24-12-10-22-20(24)17-7-5-4-6-8-17/h4-8,10,12,18H,9,11,13-15H2,1-3H3. The maximum atomic E-state index is 12.8. The van der Waals surface area contributed by atoms with Gasteiger partial charge in [-0.2, -0.15) is 0 Å². The molecule has 0 N–H and O–H groups in total. The van der Waals surface area contributed by atoms with Gasteiger partial charge in [-0.15, -0.1) is 0 Å². The minimum absolute atomic E-state index is 0.0301. The molecule has 0 radical (unpaired) electrons. The maximum Gasteiger partial charge on any atom is 0.246 e. The predicted molar refractivity (Wildman–Crippen MR) is 109 cm³/mol. The lowest BCUT2D eigenvalue weighted by Gasteiger charge is -2.41. The van der Waals surface area contributed by atoms with Crippen molar-refractivity contribution in [3.05, 3.63) is 42.7 Å². The summed E-state index contributed by atoms with van der Waals surface area (Å²) in [5, 5.41) is 0. The Kier molecular flexibility index (Phi) is 6.31. The third kappa shape index (κ3) is 4.64. The fraction of sp³-hybridized carbons (Fsp3) is 0.429. The van der Waals surface area contributed by atoms with Gasteiger partial charge in [-0.25, -0.2) is 4.98 Å². The molecule has 154 valence electrons. The molecule has 1 saturated heterocycles. The minimum Gasteiger partial charge on any atom is -0.347 e. The number of carbonyl (C=O) groups excluding carboxylic acids is 3. The molecule has 1 aliphatic heterocycles. The monoisotopic (exact) mass is 397 g/mol. The molecule has 0 spiro atoms. The molecule has 1 atom stereocenters. The summed E-state index contributed by atoms with van der Waals surface area (Å²) < 4.78 is 1.96. The molecule has 2 heterocycles. The largest absolute Gasteiger partial charge is 0.347 e. The van der Waals surface area contributed by atoms with E-state index in [0.717, 1.165) is 11.4 Å². The molecule has 0 saturated carbocycles. The number of piperazine rings is 1. The van der Waals surface area contributed by atoms with Crippen molar-refractivity contribution in [3.63, 3.8) is 0 Å². The number of amides is 3. The van der Waals surface area contributed by atoms with E-state index in [9.17, 15) is 14.4 Å². The summed E-state index contributed by atoms with van der Waals surface area (Å²) in [4.78, 5) is 46.3. The van der Waals surface area contributed by atoms with Crippen LogP contribution in [0.15, 0.2) is 42.7 Å². The van der Waals surface area contributed by atoms with E-state index < -0.39 is 6.04 Å². The van der Waals surface area contributed by atoms with Crippen LogP contribution in [0.4, 0.5) is 0 Å². The van der Waals surface area contributed by atoms with Crippen molar-refractivity contribution in [2.45, 2.75) is 25.9 Å². The first kappa shape index (κ1) is 20.6. The van der Waals surface area contributed by atoms with Crippen LogP contribution in [0.2, 0.25) is 0 Å². The first-order chi connectivity index (χ1) is 13.9. The molecule has 1 aliphatic rings. The zero-order valence-electron chi connectivity index (χ0n) is 17.1. The highest BCUT2D eigenvalue weighted by atomic mass is 16.2. The summed E-state index contributed by atoms with van der Waals surface area (Å²) in [6.07, 6.45) is 3.89. The predicted octanol–water partition coefficient (Wildman–Crippen LogP) is 1.09. The summed E-state index contributed by atoms with van der Waals surface area (Å²) in [6.45, 7) is 2.99. The van der Waals surface area contributed by atoms with Gasteiger partial charge >= 0.3 is 0 Å². The molecule has 3 amide bonds. The maximum absolute atomic E-state index is 12.8. The van der Waals surface area contributed by atoms with Crippen molar-refractivity contribution in [1.29, 1.82) is 0 Å².